The lowest BCUT2D eigenvalue weighted by molar-refractivity contribution is -0.141. The van der Waals surface area contributed by atoms with E-state index in [1.54, 1.807) is 40.0 Å². The number of rotatable bonds is 10. The van der Waals surface area contributed by atoms with Gasteiger partial charge in [0.1, 0.15) is 11.6 Å². The Hall–Kier alpha value is -3.01. The summed E-state index contributed by atoms with van der Waals surface area (Å²) in [7, 11) is 2.92. The van der Waals surface area contributed by atoms with E-state index in [9.17, 15) is 14.4 Å². The molecule has 0 saturated carbocycles. The van der Waals surface area contributed by atoms with Crippen molar-refractivity contribution in [1.29, 1.82) is 0 Å². The van der Waals surface area contributed by atoms with Crippen LogP contribution in [0.15, 0.2) is 18.2 Å². The van der Waals surface area contributed by atoms with Crippen LogP contribution < -0.4 is 20.5 Å². The number of carboxylic acid groups (broad SMARTS) is 1. The SMILES string of the molecule is CC(C)C[C@H](NC(=O)OC(C)(C)C)C(=O)O.CCOc1cc([C@H](N)CC(=O)OC)ccc1OC. The van der Waals surface area contributed by atoms with Crippen molar-refractivity contribution < 1.29 is 38.4 Å². The van der Waals surface area contributed by atoms with Gasteiger partial charge in [-0.3, -0.25) is 4.79 Å². The Kier molecular flexibility index (Phi) is 13.7. The van der Waals surface area contributed by atoms with Crippen molar-refractivity contribution in [2.45, 2.75) is 72.1 Å². The number of carbonyl (C=O) groups is 3. The van der Waals surface area contributed by atoms with E-state index in [-0.39, 0.29) is 18.3 Å². The van der Waals surface area contributed by atoms with Gasteiger partial charge in [0, 0.05) is 6.04 Å². The van der Waals surface area contributed by atoms with Gasteiger partial charge in [0.05, 0.1) is 27.2 Å². The summed E-state index contributed by atoms with van der Waals surface area (Å²) in [4.78, 5) is 33.4. The number of hydrogen-bond acceptors (Lipinski definition) is 8. The van der Waals surface area contributed by atoms with Gasteiger partial charge in [-0.2, -0.15) is 0 Å². The smallest absolute Gasteiger partial charge is 0.408 e. The first-order valence-corrected chi connectivity index (χ1v) is 11.1. The number of nitrogens with one attached hydrogen (secondary N) is 1. The number of benzene rings is 1. The minimum atomic E-state index is -1.04. The molecule has 0 aromatic heterocycles. The molecule has 0 aliphatic carbocycles. The largest absolute Gasteiger partial charge is 0.493 e. The fourth-order valence-corrected chi connectivity index (χ4v) is 2.72. The van der Waals surface area contributed by atoms with Crippen LogP contribution in [0.3, 0.4) is 0 Å². The lowest BCUT2D eigenvalue weighted by Gasteiger charge is -2.22. The van der Waals surface area contributed by atoms with Crippen molar-refractivity contribution in [1.82, 2.24) is 5.32 Å². The summed E-state index contributed by atoms with van der Waals surface area (Å²) in [6, 6.07) is 4.07. The number of ether oxygens (including phenoxy) is 4. The van der Waals surface area contributed by atoms with Gasteiger partial charge in [-0.25, -0.2) is 9.59 Å². The highest BCUT2D eigenvalue weighted by atomic mass is 16.6. The Morgan fingerprint density at radius 3 is 2.18 bits per heavy atom. The molecule has 34 heavy (non-hydrogen) atoms. The molecule has 1 rings (SSSR count). The highest BCUT2D eigenvalue weighted by molar-refractivity contribution is 5.80. The first-order valence-electron chi connectivity index (χ1n) is 11.1. The summed E-state index contributed by atoms with van der Waals surface area (Å²) >= 11 is 0. The van der Waals surface area contributed by atoms with E-state index in [1.807, 2.05) is 26.8 Å². The summed E-state index contributed by atoms with van der Waals surface area (Å²) < 4.78 is 20.2. The van der Waals surface area contributed by atoms with E-state index in [4.69, 9.17) is 25.1 Å². The molecule has 2 atom stereocenters. The molecule has 1 amide bonds. The highest BCUT2D eigenvalue weighted by Crippen LogP contribution is 2.30. The number of hydrogen-bond donors (Lipinski definition) is 3. The van der Waals surface area contributed by atoms with E-state index in [0.29, 0.717) is 24.5 Å². The molecule has 0 spiro atoms. The zero-order valence-corrected chi connectivity index (χ0v) is 21.5. The van der Waals surface area contributed by atoms with Crippen LogP contribution in [0.1, 0.15) is 66.0 Å². The van der Waals surface area contributed by atoms with E-state index in [1.165, 1.54) is 7.11 Å². The highest BCUT2D eigenvalue weighted by Gasteiger charge is 2.24. The van der Waals surface area contributed by atoms with Crippen LogP contribution in [0.2, 0.25) is 0 Å². The van der Waals surface area contributed by atoms with E-state index < -0.39 is 29.7 Å². The molecular formula is C24H40N2O8. The van der Waals surface area contributed by atoms with Gasteiger partial charge < -0.3 is 35.1 Å². The molecule has 0 aliphatic heterocycles. The normalized spacial score (nSPS) is 12.5. The maximum atomic E-state index is 11.4. The third-order valence-corrected chi connectivity index (χ3v) is 4.23. The van der Waals surface area contributed by atoms with Gasteiger partial charge in [0.15, 0.2) is 11.5 Å². The Morgan fingerprint density at radius 1 is 1.12 bits per heavy atom. The van der Waals surface area contributed by atoms with Crippen LogP contribution in [0.4, 0.5) is 4.79 Å². The molecule has 0 radical (unpaired) electrons. The van der Waals surface area contributed by atoms with Crippen LogP contribution in [0.25, 0.3) is 0 Å². The quantitative estimate of drug-likeness (QED) is 0.423. The molecule has 0 heterocycles. The van der Waals surface area contributed by atoms with Crippen molar-refractivity contribution >= 4 is 18.0 Å². The minimum absolute atomic E-state index is 0.133. The van der Waals surface area contributed by atoms with E-state index in [0.717, 1.165) is 5.56 Å². The molecular weight excluding hydrogens is 444 g/mol. The Balaban J connectivity index is 0.000000646. The van der Waals surface area contributed by atoms with Crippen molar-refractivity contribution in [2.24, 2.45) is 11.7 Å². The standard InChI is InChI=1S/C13H19NO4.C11H21NO4/c1-4-18-12-7-9(5-6-11(12)16-2)10(14)8-13(15)17-3;1-7(2)6-8(9(13)14)12-10(15)16-11(3,4)5/h5-7,10H,4,8,14H2,1-3H3;7-8H,6H2,1-5H3,(H,12,15)(H,13,14)/t10-;8-/m10/s1. The molecule has 0 fully saturated rings. The fraction of sp³-hybridized carbons (Fsp3) is 0.625. The molecule has 0 bridgehead atoms. The number of aliphatic carboxylic acids is 1. The van der Waals surface area contributed by atoms with Gasteiger partial charge in [-0.15, -0.1) is 0 Å². The number of methoxy groups -OCH3 is 2. The summed E-state index contributed by atoms with van der Waals surface area (Å²) in [5, 5.41) is 11.2. The Bertz CT molecular complexity index is 790. The number of nitrogens with two attached hydrogens (primary N) is 1. The van der Waals surface area contributed by atoms with Crippen molar-refractivity contribution in [3.63, 3.8) is 0 Å². The number of carboxylic acids is 1. The van der Waals surface area contributed by atoms with Gasteiger partial charge in [-0.1, -0.05) is 19.9 Å². The first-order chi connectivity index (χ1) is 15.7. The number of alkyl carbamates (subject to hydrolysis) is 1. The topological polar surface area (TPSA) is 146 Å². The third-order valence-electron chi connectivity index (χ3n) is 4.23. The predicted octanol–water partition coefficient (Wildman–Crippen LogP) is 3.67. The van der Waals surface area contributed by atoms with E-state index >= 15 is 0 Å². The molecule has 4 N–H and O–H groups in total. The van der Waals surface area contributed by atoms with Gasteiger partial charge in [-0.05, 0) is 57.7 Å². The predicted molar refractivity (Wildman–Crippen MR) is 128 cm³/mol. The zero-order chi connectivity index (χ0) is 26.5. The van der Waals surface area contributed by atoms with Crippen LogP contribution in [-0.4, -0.2) is 55.6 Å². The van der Waals surface area contributed by atoms with Crippen LogP contribution >= 0.6 is 0 Å². The molecule has 0 aliphatic rings. The Morgan fingerprint density at radius 2 is 1.74 bits per heavy atom. The van der Waals surface area contributed by atoms with Crippen LogP contribution in [-0.2, 0) is 19.1 Å². The minimum Gasteiger partial charge on any atom is -0.493 e. The van der Waals surface area contributed by atoms with Gasteiger partial charge >= 0.3 is 18.0 Å². The second-order valence-corrected chi connectivity index (χ2v) is 8.90. The summed E-state index contributed by atoms with van der Waals surface area (Å²) in [6.07, 6.45) is -0.177. The number of carbonyl (C=O) groups excluding carboxylic acids is 2. The van der Waals surface area contributed by atoms with Gasteiger partial charge in [0.25, 0.3) is 0 Å². The average molecular weight is 485 g/mol. The monoisotopic (exact) mass is 484 g/mol. The lowest BCUT2D eigenvalue weighted by atomic mass is 10.0. The van der Waals surface area contributed by atoms with Crippen molar-refractivity contribution in [3.8, 4) is 11.5 Å². The zero-order valence-electron chi connectivity index (χ0n) is 21.5. The summed E-state index contributed by atoms with van der Waals surface area (Å²) in [5.74, 6) is 0.0792. The number of esters is 1. The van der Waals surface area contributed by atoms with Gasteiger partial charge in [0.2, 0.25) is 0 Å². The van der Waals surface area contributed by atoms with Crippen molar-refractivity contribution in [2.75, 3.05) is 20.8 Å². The summed E-state index contributed by atoms with van der Waals surface area (Å²) in [6.45, 7) is 11.4. The maximum Gasteiger partial charge on any atom is 0.408 e. The Labute approximate surface area is 202 Å². The molecule has 10 heteroatoms. The molecule has 1 aromatic carbocycles. The van der Waals surface area contributed by atoms with Crippen LogP contribution in [0.5, 0.6) is 11.5 Å². The van der Waals surface area contributed by atoms with Crippen molar-refractivity contribution in [3.05, 3.63) is 23.8 Å². The molecule has 0 saturated heterocycles. The first kappa shape index (κ1) is 31.0. The lowest BCUT2D eigenvalue weighted by Crippen LogP contribution is -2.44. The summed E-state index contributed by atoms with van der Waals surface area (Å²) in [5.41, 5.74) is 6.12. The second-order valence-electron chi connectivity index (χ2n) is 8.90. The molecule has 194 valence electrons. The molecule has 0 unspecified atom stereocenters. The fourth-order valence-electron chi connectivity index (χ4n) is 2.72. The number of amides is 1. The van der Waals surface area contributed by atoms with Crippen LogP contribution in [0, 0.1) is 5.92 Å². The average Bonchev–Trinajstić information content (AvgIpc) is 2.72. The molecule has 10 nitrogen and oxygen atoms in total. The van der Waals surface area contributed by atoms with E-state index in [2.05, 4.69) is 10.1 Å². The third kappa shape index (κ3) is 12.9. The maximum absolute atomic E-state index is 11.4. The second kappa shape index (κ2) is 15.0. The molecule has 1 aromatic rings.